The molecule has 25 heavy (non-hydrogen) atoms. The third kappa shape index (κ3) is 4.13. The number of alkyl halides is 4. The average molecular weight is 374 g/mol. The highest BCUT2D eigenvalue weighted by Crippen LogP contribution is 2.38. The lowest BCUT2D eigenvalue weighted by Crippen LogP contribution is -2.45. The van der Waals surface area contributed by atoms with Gasteiger partial charge in [-0.3, -0.25) is 4.90 Å². The third-order valence-corrected chi connectivity index (χ3v) is 4.79. The number of hydrogen-bond donors (Lipinski definition) is 1. The van der Waals surface area contributed by atoms with E-state index >= 15 is 0 Å². The van der Waals surface area contributed by atoms with Crippen molar-refractivity contribution in [1.29, 1.82) is 0 Å². The van der Waals surface area contributed by atoms with Gasteiger partial charge in [0.1, 0.15) is 5.75 Å². The average Bonchev–Trinajstić information content (AvgIpc) is 3.11. The number of hydrogen-bond acceptors (Lipinski definition) is 4. The summed E-state index contributed by atoms with van der Waals surface area (Å²) in [4.78, 5) is 2.14. The zero-order valence-electron chi connectivity index (χ0n) is 13.3. The molecule has 136 valence electrons. The molecule has 1 N–H and O–H groups in total. The summed E-state index contributed by atoms with van der Waals surface area (Å²) in [6.07, 6.45) is -8.42. The molecule has 0 unspecified atom stereocenters. The molecule has 1 saturated heterocycles. The van der Waals surface area contributed by atoms with Crippen molar-refractivity contribution in [3.05, 3.63) is 52.2 Å². The number of piperazine rings is 1. The minimum Gasteiger partial charge on any atom is -0.428 e. The van der Waals surface area contributed by atoms with Crippen LogP contribution in [0, 0.1) is 0 Å². The second-order valence-corrected chi connectivity index (χ2v) is 6.53. The van der Waals surface area contributed by atoms with Crippen LogP contribution in [0.3, 0.4) is 0 Å². The lowest BCUT2D eigenvalue weighted by atomic mass is 9.98. The van der Waals surface area contributed by atoms with E-state index in [4.69, 9.17) is 0 Å². The highest BCUT2D eigenvalue weighted by atomic mass is 32.1. The summed E-state index contributed by atoms with van der Waals surface area (Å²) in [5, 5.41) is 7.09. The van der Waals surface area contributed by atoms with Gasteiger partial charge in [0.25, 0.3) is 0 Å². The Bertz CT molecular complexity index is 675. The first-order valence-electron chi connectivity index (χ1n) is 7.90. The fourth-order valence-corrected chi connectivity index (χ4v) is 3.63. The Kier molecular flexibility index (Phi) is 5.61. The minimum absolute atomic E-state index is 0.220. The summed E-state index contributed by atoms with van der Waals surface area (Å²) in [5.41, 5.74) is 1.39. The minimum atomic E-state index is -4.53. The van der Waals surface area contributed by atoms with Gasteiger partial charge < -0.3 is 10.1 Å². The molecular formula is C17H18F4N2OS. The highest BCUT2D eigenvalue weighted by Gasteiger charge is 2.44. The number of rotatable bonds is 6. The molecule has 1 aromatic carbocycles. The van der Waals surface area contributed by atoms with Crippen LogP contribution in [0.2, 0.25) is 0 Å². The predicted octanol–water partition coefficient (Wildman–Crippen LogP) is 3.98. The Morgan fingerprint density at radius 1 is 1.12 bits per heavy atom. The SMILES string of the molecule is FC(F)C(F)(F)Oc1ccccc1[C@@H](c1ccsc1)N1CCNCC1. The number of halogens is 4. The van der Waals surface area contributed by atoms with E-state index in [1.807, 2.05) is 16.8 Å². The first-order valence-corrected chi connectivity index (χ1v) is 8.84. The molecule has 0 aliphatic carbocycles. The smallest absolute Gasteiger partial charge is 0.428 e. The molecule has 0 amide bonds. The van der Waals surface area contributed by atoms with Gasteiger partial charge in [-0.15, -0.1) is 0 Å². The number of benzene rings is 1. The molecule has 3 nitrogen and oxygen atoms in total. The Labute approximate surface area is 147 Å². The maximum absolute atomic E-state index is 13.5. The molecule has 2 aromatic rings. The number of nitrogens with one attached hydrogen (secondary N) is 1. The monoisotopic (exact) mass is 374 g/mol. The van der Waals surface area contributed by atoms with Crippen LogP contribution < -0.4 is 10.1 Å². The van der Waals surface area contributed by atoms with Crippen LogP contribution in [0.5, 0.6) is 5.75 Å². The summed E-state index contributed by atoms with van der Waals surface area (Å²) in [5.74, 6) is -0.220. The summed E-state index contributed by atoms with van der Waals surface area (Å²) >= 11 is 1.50. The van der Waals surface area contributed by atoms with Crippen LogP contribution in [0.15, 0.2) is 41.1 Å². The van der Waals surface area contributed by atoms with E-state index in [1.54, 1.807) is 12.1 Å². The van der Waals surface area contributed by atoms with E-state index in [2.05, 4.69) is 15.0 Å². The fraction of sp³-hybridized carbons (Fsp3) is 0.412. The maximum Gasteiger partial charge on any atom is 0.461 e. The Morgan fingerprint density at radius 2 is 1.84 bits per heavy atom. The van der Waals surface area contributed by atoms with Gasteiger partial charge in [0.2, 0.25) is 0 Å². The second kappa shape index (κ2) is 7.72. The van der Waals surface area contributed by atoms with Crippen molar-refractivity contribution < 1.29 is 22.3 Å². The van der Waals surface area contributed by atoms with Crippen LogP contribution in [-0.4, -0.2) is 43.6 Å². The summed E-state index contributed by atoms with van der Waals surface area (Å²) in [7, 11) is 0. The third-order valence-electron chi connectivity index (χ3n) is 4.09. The molecule has 1 fully saturated rings. The van der Waals surface area contributed by atoms with Gasteiger partial charge >= 0.3 is 12.5 Å². The second-order valence-electron chi connectivity index (χ2n) is 5.75. The van der Waals surface area contributed by atoms with Gasteiger partial charge in [-0.05, 0) is 28.5 Å². The topological polar surface area (TPSA) is 24.5 Å². The van der Waals surface area contributed by atoms with Crippen molar-refractivity contribution in [2.75, 3.05) is 26.2 Å². The highest BCUT2D eigenvalue weighted by molar-refractivity contribution is 7.08. The van der Waals surface area contributed by atoms with Crippen LogP contribution in [0.4, 0.5) is 17.6 Å². The first-order chi connectivity index (χ1) is 12.0. The first kappa shape index (κ1) is 18.2. The maximum atomic E-state index is 13.5. The molecule has 0 saturated carbocycles. The van der Waals surface area contributed by atoms with Crippen LogP contribution in [0.1, 0.15) is 17.2 Å². The van der Waals surface area contributed by atoms with Crippen LogP contribution >= 0.6 is 11.3 Å². The molecular weight excluding hydrogens is 356 g/mol. The largest absolute Gasteiger partial charge is 0.461 e. The van der Waals surface area contributed by atoms with Crippen molar-refractivity contribution >= 4 is 11.3 Å². The quantitative estimate of drug-likeness (QED) is 0.774. The lowest BCUT2D eigenvalue weighted by molar-refractivity contribution is -0.253. The molecule has 1 atom stereocenters. The van der Waals surface area contributed by atoms with E-state index in [0.29, 0.717) is 5.56 Å². The zero-order valence-corrected chi connectivity index (χ0v) is 14.1. The molecule has 3 rings (SSSR count). The van der Waals surface area contributed by atoms with E-state index in [1.165, 1.54) is 23.5 Å². The van der Waals surface area contributed by atoms with Gasteiger partial charge in [0.15, 0.2) is 0 Å². The van der Waals surface area contributed by atoms with Crippen molar-refractivity contribution in [3.8, 4) is 5.75 Å². The van der Waals surface area contributed by atoms with Gasteiger partial charge in [-0.2, -0.15) is 28.9 Å². The van der Waals surface area contributed by atoms with Crippen molar-refractivity contribution in [3.63, 3.8) is 0 Å². The molecule has 0 bridgehead atoms. The van der Waals surface area contributed by atoms with Crippen molar-refractivity contribution in [2.45, 2.75) is 18.6 Å². The molecule has 1 aromatic heterocycles. The number of thiophene rings is 1. The van der Waals surface area contributed by atoms with Crippen LogP contribution in [-0.2, 0) is 0 Å². The molecule has 2 heterocycles. The Balaban J connectivity index is 1.99. The molecule has 1 aliphatic heterocycles. The van der Waals surface area contributed by atoms with Gasteiger partial charge in [0, 0.05) is 31.7 Å². The fourth-order valence-electron chi connectivity index (χ4n) is 2.95. The summed E-state index contributed by atoms with van der Waals surface area (Å²) < 4.78 is 56.5. The molecule has 1 aliphatic rings. The normalized spacial score (nSPS) is 17.6. The molecule has 0 spiro atoms. The van der Waals surface area contributed by atoms with Gasteiger partial charge in [0.05, 0.1) is 6.04 Å². The van der Waals surface area contributed by atoms with Crippen molar-refractivity contribution in [1.82, 2.24) is 10.2 Å². The number of nitrogens with zero attached hydrogens (tertiary/aromatic N) is 1. The van der Waals surface area contributed by atoms with Crippen LogP contribution in [0.25, 0.3) is 0 Å². The summed E-state index contributed by atoms with van der Waals surface area (Å²) in [6, 6.07) is 7.76. The zero-order chi connectivity index (χ0) is 17.9. The standard InChI is InChI=1S/C17H18F4N2OS/c18-16(19)17(20,21)24-14-4-2-1-3-13(14)15(12-5-10-25-11-12)23-8-6-22-7-9-23/h1-5,10-11,15-16,22H,6-9H2/t15-/m1/s1. The van der Waals surface area contributed by atoms with E-state index in [9.17, 15) is 17.6 Å². The van der Waals surface area contributed by atoms with E-state index in [0.717, 1.165) is 31.7 Å². The molecule has 0 radical (unpaired) electrons. The predicted molar refractivity (Wildman–Crippen MR) is 88.6 cm³/mol. The Morgan fingerprint density at radius 3 is 2.48 bits per heavy atom. The van der Waals surface area contributed by atoms with Gasteiger partial charge in [-0.25, -0.2) is 0 Å². The van der Waals surface area contributed by atoms with Crippen molar-refractivity contribution in [2.24, 2.45) is 0 Å². The lowest BCUT2D eigenvalue weighted by Gasteiger charge is -2.36. The van der Waals surface area contributed by atoms with E-state index < -0.39 is 12.5 Å². The summed E-state index contributed by atoms with van der Waals surface area (Å²) in [6.45, 7) is 2.99. The number of para-hydroxylation sites is 1. The Hall–Kier alpha value is -1.64. The van der Waals surface area contributed by atoms with Gasteiger partial charge in [-0.1, -0.05) is 18.2 Å². The van der Waals surface area contributed by atoms with E-state index in [-0.39, 0.29) is 11.8 Å². The number of ether oxygens (including phenoxy) is 1. The molecule has 8 heteroatoms.